The quantitative estimate of drug-likeness (QED) is 0.824. The maximum Gasteiger partial charge on any atom is 0.182 e. The van der Waals surface area contributed by atoms with Gasteiger partial charge in [-0.3, -0.25) is 9.69 Å². The number of Topliss-reactive ketones (excluding diaryl/α,β-unsaturated/α-hetero) is 1. The molecule has 0 atom stereocenters. The molecule has 0 bridgehead atoms. The number of benzene rings is 2. The molecule has 3 rings (SSSR count). The molecule has 0 amide bonds. The van der Waals surface area contributed by atoms with Crippen molar-refractivity contribution in [2.75, 3.05) is 26.3 Å². The van der Waals surface area contributed by atoms with Gasteiger partial charge in [-0.25, -0.2) is 0 Å². The van der Waals surface area contributed by atoms with Crippen molar-refractivity contribution < 1.29 is 14.6 Å². The molecule has 1 aliphatic heterocycles. The largest absolute Gasteiger partial charge is 0.508 e. The highest BCUT2D eigenvalue weighted by molar-refractivity contribution is 7.99. The molecular formula is C20H23NO3S. The van der Waals surface area contributed by atoms with E-state index < -0.39 is 5.54 Å². The number of ketones is 1. The molecular weight excluding hydrogens is 334 g/mol. The van der Waals surface area contributed by atoms with Crippen LogP contribution in [0.3, 0.4) is 0 Å². The first-order valence-electron chi connectivity index (χ1n) is 8.41. The van der Waals surface area contributed by atoms with Crippen molar-refractivity contribution in [1.82, 2.24) is 4.90 Å². The highest BCUT2D eigenvalue weighted by atomic mass is 32.2. The number of nitrogens with zero attached hydrogens (tertiary/aromatic N) is 1. The lowest BCUT2D eigenvalue weighted by molar-refractivity contribution is -0.00430. The number of hydrogen-bond donors (Lipinski definition) is 1. The van der Waals surface area contributed by atoms with Gasteiger partial charge < -0.3 is 9.84 Å². The summed E-state index contributed by atoms with van der Waals surface area (Å²) in [5, 5.41) is 9.35. The van der Waals surface area contributed by atoms with Crippen LogP contribution in [0.2, 0.25) is 0 Å². The Hall–Kier alpha value is -1.82. The van der Waals surface area contributed by atoms with Crippen molar-refractivity contribution in [2.24, 2.45) is 0 Å². The highest BCUT2D eigenvalue weighted by Crippen LogP contribution is 2.30. The van der Waals surface area contributed by atoms with E-state index in [9.17, 15) is 9.90 Å². The topological polar surface area (TPSA) is 49.8 Å². The van der Waals surface area contributed by atoms with Crippen LogP contribution < -0.4 is 0 Å². The van der Waals surface area contributed by atoms with Crippen molar-refractivity contribution in [2.45, 2.75) is 29.2 Å². The van der Waals surface area contributed by atoms with Crippen LogP contribution in [0.15, 0.2) is 58.3 Å². The second kappa shape index (κ2) is 7.60. The second-order valence-electron chi connectivity index (χ2n) is 6.61. The van der Waals surface area contributed by atoms with Crippen LogP contribution in [0.25, 0.3) is 0 Å². The summed E-state index contributed by atoms with van der Waals surface area (Å²) in [6.45, 7) is 6.90. The summed E-state index contributed by atoms with van der Waals surface area (Å²) in [5.74, 6) is 0.395. The molecule has 0 aromatic heterocycles. The number of carbonyl (C=O) groups excluding carboxylic acids is 1. The Morgan fingerprint density at radius 3 is 2.08 bits per heavy atom. The Labute approximate surface area is 152 Å². The minimum absolute atomic E-state index is 0.135. The minimum atomic E-state index is -0.532. The monoisotopic (exact) mass is 357 g/mol. The van der Waals surface area contributed by atoms with Crippen LogP contribution in [0, 0.1) is 0 Å². The van der Waals surface area contributed by atoms with E-state index in [1.54, 1.807) is 23.9 Å². The van der Waals surface area contributed by atoms with Crippen LogP contribution in [0.1, 0.15) is 24.2 Å². The lowest BCUT2D eigenvalue weighted by Gasteiger charge is -2.39. The third-order valence-corrected chi connectivity index (χ3v) is 5.56. The molecule has 2 aromatic carbocycles. The van der Waals surface area contributed by atoms with Gasteiger partial charge in [0, 0.05) is 28.4 Å². The van der Waals surface area contributed by atoms with Gasteiger partial charge in [0.25, 0.3) is 0 Å². The van der Waals surface area contributed by atoms with Gasteiger partial charge in [0.1, 0.15) is 5.75 Å². The zero-order valence-electron chi connectivity index (χ0n) is 14.6. The van der Waals surface area contributed by atoms with Crippen LogP contribution in [0.4, 0.5) is 0 Å². The van der Waals surface area contributed by atoms with Gasteiger partial charge in [-0.2, -0.15) is 0 Å². The number of phenolic OH excluding ortho intramolecular Hbond substituents is 1. The number of aromatic hydroxyl groups is 1. The summed E-state index contributed by atoms with van der Waals surface area (Å²) in [4.78, 5) is 17.3. The summed E-state index contributed by atoms with van der Waals surface area (Å²) < 4.78 is 5.39. The normalized spacial score (nSPS) is 15.9. The van der Waals surface area contributed by atoms with Crippen LogP contribution >= 0.6 is 11.8 Å². The van der Waals surface area contributed by atoms with Crippen molar-refractivity contribution in [3.63, 3.8) is 0 Å². The number of hydrogen-bond acceptors (Lipinski definition) is 5. The van der Waals surface area contributed by atoms with Gasteiger partial charge in [-0.05, 0) is 50.2 Å². The molecule has 0 saturated carbocycles. The molecule has 2 aromatic rings. The van der Waals surface area contributed by atoms with E-state index in [0.29, 0.717) is 13.2 Å². The smallest absolute Gasteiger partial charge is 0.182 e. The van der Waals surface area contributed by atoms with Crippen molar-refractivity contribution in [3.8, 4) is 5.75 Å². The Bertz CT molecular complexity index is 720. The fourth-order valence-corrected chi connectivity index (χ4v) is 3.76. The van der Waals surface area contributed by atoms with Crippen LogP contribution in [-0.4, -0.2) is 47.6 Å². The average molecular weight is 357 g/mol. The number of ether oxygens (including phenoxy) is 1. The van der Waals surface area contributed by atoms with Gasteiger partial charge in [0.2, 0.25) is 0 Å². The molecule has 4 nitrogen and oxygen atoms in total. The standard InChI is InChI=1S/C20H23NO3S/c1-20(2,21-11-13-24-14-12-21)19(23)15-3-7-17(8-4-15)25-18-9-5-16(22)6-10-18/h3-10,22H,11-14H2,1-2H3. The van der Waals surface area contributed by atoms with Gasteiger partial charge in [-0.1, -0.05) is 23.9 Å². The van der Waals surface area contributed by atoms with Crippen molar-refractivity contribution in [1.29, 1.82) is 0 Å². The zero-order valence-corrected chi connectivity index (χ0v) is 15.4. The molecule has 132 valence electrons. The Morgan fingerprint density at radius 2 is 1.52 bits per heavy atom. The minimum Gasteiger partial charge on any atom is -0.508 e. The summed E-state index contributed by atoms with van der Waals surface area (Å²) in [5.41, 5.74) is 0.196. The highest BCUT2D eigenvalue weighted by Gasteiger charge is 2.35. The number of phenols is 1. The molecule has 25 heavy (non-hydrogen) atoms. The summed E-state index contributed by atoms with van der Waals surface area (Å²) in [7, 11) is 0. The third-order valence-electron chi connectivity index (χ3n) is 4.55. The summed E-state index contributed by atoms with van der Waals surface area (Å²) >= 11 is 1.60. The van der Waals surface area contributed by atoms with Crippen LogP contribution in [-0.2, 0) is 4.74 Å². The molecule has 1 heterocycles. The van der Waals surface area contributed by atoms with Gasteiger partial charge >= 0.3 is 0 Å². The molecule has 5 heteroatoms. The number of carbonyl (C=O) groups is 1. The first-order chi connectivity index (χ1) is 12.0. The fourth-order valence-electron chi connectivity index (χ4n) is 2.94. The number of morpholine rings is 1. The Balaban J connectivity index is 1.70. The first kappa shape index (κ1) is 18.0. The summed E-state index contributed by atoms with van der Waals surface area (Å²) in [6, 6.07) is 14.8. The summed E-state index contributed by atoms with van der Waals surface area (Å²) in [6.07, 6.45) is 0. The molecule has 0 spiro atoms. The maximum absolute atomic E-state index is 13.0. The van der Waals surface area contributed by atoms with E-state index in [1.807, 2.05) is 50.2 Å². The van der Waals surface area contributed by atoms with Crippen LogP contribution in [0.5, 0.6) is 5.75 Å². The zero-order chi connectivity index (χ0) is 17.9. The van der Waals surface area contributed by atoms with Crippen molar-refractivity contribution in [3.05, 3.63) is 54.1 Å². The first-order valence-corrected chi connectivity index (χ1v) is 9.23. The van der Waals surface area contributed by atoms with E-state index in [4.69, 9.17) is 4.74 Å². The van der Waals surface area contributed by atoms with E-state index in [2.05, 4.69) is 4.90 Å². The predicted octanol–water partition coefficient (Wildman–Crippen LogP) is 3.84. The second-order valence-corrected chi connectivity index (χ2v) is 7.75. The molecule has 0 unspecified atom stereocenters. The lowest BCUT2D eigenvalue weighted by atomic mass is 9.91. The van der Waals surface area contributed by atoms with Crippen molar-refractivity contribution >= 4 is 17.5 Å². The predicted molar refractivity (Wildman–Crippen MR) is 99.5 cm³/mol. The molecule has 0 radical (unpaired) electrons. The molecule has 0 aliphatic carbocycles. The molecule has 1 saturated heterocycles. The van der Waals surface area contributed by atoms with Gasteiger partial charge in [-0.15, -0.1) is 0 Å². The Morgan fingerprint density at radius 1 is 1.00 bits per heavy atom. The average Bonchev–Trinajstić information content (AvgIpc) is 2.64. The van der Waals surface area contributed by atoms with Gasteiger partial charge in [0.15, 0.2) is 5.78 Å². The van der Waals surface area contributed by atoms with E-state index in [0.717, 1.165) is 28.4 Å². The molecule has 1 aliphatic rings. The third kappa shape index (κ3) is 4.24. The number of rotatable bonds is 5. The van der Waals surface area contributed by atoms with E-state index in [-0.39, 0.29) is 11.5 Å². The van der Waals surface area contributed by atoms with E-state index >= 15 is 0 Å². The SMILES string of the molecule is CC(C)(C(=O)c1ccc(Sc2ccc(O)cc2)cc1)N1CCOCC1. The van der Waals surface area contributed by atoms with Gasteiger partial charge in [0.05, 0.1) is 18.8 Å². The van der Waals surface area contributed by atoms with E-state index in [1.165, 1.54) is 0 Å². The fraction of sp³-hybridized carbons (Fsp3) is 0.350. The molecule has 1 fully saturated rings. The Kier molecular flexibility index (Phi) is 5.47. The maximum atomic E-state index is 13.0. The molecule has 1 N–H and O–H groups in total. The lowest BCUT2D eigenvalue weighted by Crippen LogP contribution is -2.54.